The number of hydrogen-bond donors (Lipinski definition) is 0. The lowest BCUT2D eigenvalue weighted by Crippen LogP contribution is -2.47. The van der Waals surface area contributed by atoms with Crippen molar-refractivity contribution in [3.05, 3.63) is 71.3 Å². The van der Waals surface area contributed by atoms with Crippen LogP contribution in [0.25, 0.3) is 0 Å². The van der Waals surface area contributed by atoms with E-state index in [9.17, 15) is 14.4 Å². The first-order valence-electron chi connectivity index (χ1n) is 8.14. The first-order valence-corrected chi connectivity index (χ1v) is 8.14. The second kappa shape index (κ2) is 7.19. The van der Waals surface area contributed by atoms with Crippen molar-refractivity contribution >= 4 is 17.8 Å². The van der Waals surface area contributed by atoms with Crippen molar-refractivity contribution in [1.29, 1.82) is 5.26 Å². The number of fused-ring (bicyclic) bond motifs is 1. The van der Waals surface area contributed by atoms with Crippen LogP contribution in [0.3, 0.4) is 0 Å². The Bertz CT molecular complexity index is 867. The number of hydrogen-bond acceptors (Lipinski definition) is 5. The van der Waals surface area contributed by atoms with Crippen LogP contribution < -0.4 is 0 Å². The van der Waals surface area contributed by atoms with E-state index in [1.165, 1.54) is 6.92 Å². The topological polar surface area (TPSA) is 87.5 Å². The van der Waals surface area contributed by atoms with E-state index in [4.69, 9.17) is 10.00 Å². The Morgan fingerprint density at radius 3 is 2.12 bits per heavy atom. The first-order chi connectivity index (χ1) is 12.5. The molecule has 1 aliphatic heterocycles. The molecule has 2 atom stereocenters. The number of carbonyl (C=O) groups excluding carboxylic acids is 3. The minimum Gasteiger partial charge on any atom is -0.446 e. The molecule has 26 heavy (non-hydrogen) atoms. The maximum atomic E-state index is 12.7. The fraction of sp³-hybridized carbons (Fsp3) is 0.200. The largest absolute Gasteiger partial charge is 0.446 e. The molecule has 130 valence electrons. The van der Waals surface area contributed by atoms with Gasteiger partial charge in [0.05, 0.1) is 11.1 Å². The third-order valence-electron chi connectivity index (χ3n) is 4.16. The fourth-order valence-corrected chi connectivity index (χ4v) is 2.89. The summed E-state index contributed by atoms with van der Waals surface area (Å²) in [6.07, 6.45) is -0.862. The summed E-state index contributed by atoms with van der Waals surface area (Å²) in [4.78, 5) is 39.0. The Kier molecular flexibility index (Phi) is 4.81. The number of rotatable bonds is 5. The molecule has 2 aromatic rings. The third-order valence-corrected chi connectivity index (χ3v) is 4.16. The molecule has 0 N–H and O–H groups in total. The average Bonchev–Trinajstić information content (AvgIpc) is 2.91. The summed E-state index contributed by atoms with van der Waals surface area (Å²) in [5, 5.41) is 8.89. The van der Waals surface area contributed by atoms with E-state index >= 15 is 0 Å². The predicted molar refractivity (Wildman–Crippen MR) is 92.0 cm³/mol. The number of nitrogens with zero attached hydrogens (tertiary/aromatic N) is 2. The van der Waals surface area contributed by atoms with E-state index in [0.717, 1.165) is 10.5 Å². The molecule has 0 bridgehead atoms. The summed E-state index contributed by atoms with van der Waals surface area (Å²) in [5.74, 6) is -1.85. The van der Waals surface area contributed by atoms with Crippen LogP contribution in [0.4, 0.5) is 0 Å². The molecule has 3 rings (SSSR count). The SMILES string of the molecule is C[C@H](C#N)OC(=O)[C@@H](Cc1ccccc1)N1C(=O)c2ccccc2C1=O. The molecule has 6 heteroatoms. The minimum atomic E-state index is -1.14. The molecule has 0 fully saturated rings. The Morgan fingerprint density at radius 1 is 1.04 bits per heavy atom. The molecule has 2 amide bonds. The summed E-state index contributed by atoms with van der Waals surface area (Å²) in [6, 6.07) is 16.1. The second-order valence-electron chi connectivity index (χ2n) is 5.94. The van der Waals surface area contributed by atoms with Gasteiger partial charge in [0.1, 0.15) is 12.1 Å². The van der Waals surface area contributed by atoms with Crippen LogP contribution >= 0.6 is 0 Å². The normalized spacial score (nSPS) is 15.2. The molecular weight excluding hydrogens is 332 g/mol. The van der Waals surface area contributed by atoms with E-state index in [2.05, 4.69) is 0 Å². The van der Waals surface area contributed by atoms with Crippen LogP contribution in [0, 0.1) is 11.3 Å². The molecule has 1 heterocycles. The number of amides is 2. The van der Waals surface area contributed by atoms with Gasteiger partial charge >= 0.3 is 5.97 Å². The van der Waals surface area contributed by atoms with Gasteiger partial charge < -0.3 is 4.74 Å². The molecule has 0 aliphatic carbocycles. The molecular formula is C20H16N2O4. The van der Waals surface area contributed by atoms with Crippen molar-refractivity contribution in [2.24, 2.45) is 0 Å². The van der Waals surface area contributed by atoms with Crippen LogP contribution in [0.1, 0.15) is 33.2 Å². The van der Waals surface area contributed by atoms with E-state index < -0.39 is 29.9 Å². The van der Waals surface area contributed by atoms with E-state index in [-0.39, 0.29) is 17.5 Å². The molecule has 0 unspecified atom stereocenters. The zero-order valence-corrected chi connectivity index (χ0v) is 14.1. The van der Waals surface area contributed by atoms with Crippen LogP contribution in [0.15, 0.2) is 54.6 Å². The highest BCUT2D eigenvalue weighted by atomic mass is 16.5. The monoisotopic (exact) mass is 348 g/mol. The van der Waals surface area contributed by atoms with Gasteiger partial charge in [-0.05, 0) is 24.6 Å². The second-order valence-corrected chi connectivity index (χ2v) is 5.94. The Balaban J connectivity index is 1.96. The van der Waals surface area contributed by atoms with Gasteiger partial charge in [-0.3, -0.25) is 14.5 Å². The van der Waals surface area contributed by atoms with Gasteiger partial charge in [0, 0.05) is 6.42 Å². The quantitative estimate of drug-likeness (QED) is 0.611. The molecule has 0 saturated heterocycles. The zero-order valence-electron chi connectivity index (χ0n) is 14.1. The summed E-state index contributed by atoms with van der Waals surface area (Å²) in [7, 11) is 0. The zero-order chi connectivity index (χ0) is 18.7. The van der Waals surface area contributed by atoms with Crippen LogP contribution in [-0.2, 0) is 16.0 Å². The number of imide groups is 1. The highest BCUT2D eigenvalue weighted by Crippen LogP contribution is 2.26. The lowest BCUT2D eigenvalue weighted by Gasteiger charge is -2.25. The highest BCUT2D eigenvalue weighted by Gasteiger charge is 2.43. The van der Waals surface area contributed by atoms with Crippen molar-refractivity contribution in [2.45, 2.75) is 25.5 Å². The van der Waals surface area contributed by atoms with E-state index in [0.29, 0.717) is 0 Å². The molecule has 0 spiro atoms. The molecule has 0 aromatic heterocycles. The van der Waals surface area contributed by atoms with Crippen molar-refractivity contribution in [3.8, 4) is 6.07 Å². The summed E-state index contributed by atoms with van der Waals surface area (Å²) in [6.45, 7) is 1.43. The standard InChI is InChI=1S/C20H16N2O4/c1-13(12-21)26-20(25)17(11-14-7-3-2-4-8-14)22-18(23)15-9-5-6-10-16(15)19(22)24/h2-10,13,17H,11H2,1H3/t13-,17-/m1/s1. The van der Waals surface area contributed by atoms with Gasteiger partial charge in [-0.15, -0.1) is 0 Å². The molecule has 0 saturated carbocycles. The van der Waals surface area contributed by atoms with Gasteiger partial charge in [0.15, 0.2) is 6.10 Å². The predicted octanol–water partition coefficient (Wildman–Crippen LogP) is 2.35. The molecule has 0 radical (unpaired) electrons. The first kappa shape index (κ1) is 17.4. The van der Waals surface area contributed by atoms with E-state index in [1.54, 1.807) is 48.5 Å². The number of ether oxygens (including phenoxy) is 1. The molecule has 6 nitrogen and oxygen atoms in total. The Labute approximate surface area is 150 Å². The lowest BCUT2D eigenvalue weighted by molar-refractivity contribution is -0.150. The van der Waals surface area contributed by atoms with Gasteiger partial charge in [0.2, 0.25) is 0 Å². The highest BCUT2D eigenvalue weighted by molar-refractivity contribution is 6.22. The summed E-state index contributed by atoms with van der Waals surface area (Å²) >= 11 is 0. The number of carbonyl (C=O) groups is 3. The van der Waals surface area contributed by atoms with Crippen molar-refractivity contribution in [2.75, 3.05) is 0 Å². The number of nitriles is 1. The van der Waals surface area contributed by atoms with E-state index in [1.807, 2.05) is 12.1 Å². The van der Waals surface area contributed by atoms with Gasteiger partial charge in [-0.25, -0.2) is 4.79 Å². The maximum Gasteiger partial charge on any atom is 0.331 e. The lowest BCUT2D eigenvalue weighted by atomic mass is 10.0. The Morgan fingerprint density at radius 2 is 1.58 bits per heavy atom. The number of esters is 1. The van der Waals surface area contributed by atoms with Gasteiger partial charge in [-0.2, -0.15) is 5.26 Å². The third kappa shape index (κ3) is 3.20. The molecule has 2 aromatic carbocycles. The molecule has 1 aliphatic rings. The van der Waals surface area contributed by atoms with Gasteiger partial charge in [-0.1, -0.05) is 42.5 Å². The number of benzene rings is 2. The van der Waals surface area contributed by atoms with Crippen LogP contribution in [0.2, 0.25) is 0 Å². The van der Waals surface area contributed by atoms with Crippen LogP contribution in [0.5, 0.6) is 0 Å². The van der Waals surface area contributed by atoms with Gasteiger partial charge in [0.25, 0.3) is 11.8 Å². The average molecular weight is 348 g/mol. The Hall–Kier alpha value is -3.46. The maximum absolute atomic E-state index is 12.7. The van der Waals surface area contributed by atoms with Crippen molar-refractivity contribution in [1.82, 2.24) is 4.90 Å². The summed E-state index contributed by atoms with van der Waals surface area (Å²) < 4.78 is 5.10. The smallest absolute Gasteiger partial charge is 0.331 e. The van der Waals surface area contributed by atoms with Crippen LogP contribution in [-0.4, -0.2) is 34.8 Å². The summed E-state index contributed by atoms with van der Waals surface area (Å²) in [5.41, 5.74) is 1.30. The fourth-order valence-electron chi connectivity index (χ4n) is 2.89. The van der Waals surface area contributed by atoms with Crippen molar-refractivity contribution in [3.63, 3.8) is 0 Å². The van der Waals surface area contributed by atoms with Crippen molar-refractivity contribution < 1.29 is 19.1 Å². The minimum absolute atomic E-state index is 0.114.